The molecule has 0 spiro atoms. The lowest BCUT2D eigenvalue weighted by Gasteiger charge is -2.12. The number of rotatable bonds is 5. The monoisotopic (exact) mass is 249 g/mol. The Balaban J connectivity index is 2.17. The lowest BCUT2D eigenvalue weighted by Crippen LogP contribution is -2.11. The molecule has 0 fully saturated rings. The SMILES string of the molecule is CNc1nc(NC(C)c2ccco2)nc(OC)n1. The summed E-state index contributed by atoms with van der Waals surface area (Å²) in [6, 6.07) is 3.93. The van der Waals surface area contributed by atoms with E-state index in [2.05, 4.69) is 25.6 Å². The Morgan fingerprint density at radius 3 is 2.67 bits per heavy atom. The van der Waals surface area contributed by atoms with Gasteiger partial charge in [0.05, 0.1) is 19.4 Å². The summed E-state index contributed by atoms with van der Waals surface area (Å²) in [5.74, 6) is 1.67. The molecule has 0 bridgehead atoms. The van der Waals surface area contributed by atoms with Crippen LogP contribution >= 0.6 is 0 Å². The van der Waals surface area contributed by atoms with E-state index in [0.29, 0.717) is 11.9 Å². The lowest BCUT2D eigenvalue weighted by molar-refractivity contribution is 0.379. The van der Waals surface area contributed by atoms with Crippen molar-refractivity contribution in [3.63, 3.8) is 0 Å². The summed E-state index contributed by atoms with van der Waals surface area (Å²) in [6.45, 7) is 1.95. The van der Waals surface area contributed by atoms with Gasteiger partial charge < -0.3 is 19.8 Å². The molecule has 0 amide bonds. The van der Waals surface area contributed by atoms with Crippen LogP contribution in [0.5, 0.6) is 6.01 Å². The van der Waals surface area contributed by atoms with Crippen molar-refractivity contribution >= 4 is 11.9 Å². The van der Waals surface area contributed by atoms with Crippen LogP contribution in [0.2, 0.25) is 0 Å². The third-order valence-corrected chi connectivity index (χ3v) is 2.34. The van der Waals surface area contributed by atoms with Crippen molar-refractivity contribution in [3.05, 3.63) is 24.2 Å². The molecule has 1 unspecified atom stereocenters. The maximum atomic E-state index is 5.30. The second-order valence-corrected chi connectivity index (χ2v) is 3.60. The third-order valence-electron chi connectivity index (χ3n) is 2.34. The summed E-state index contributed by atoms with van der Waals surface area (Å²) >= 11 is 0. The van der Waals surface area contributed by atoms with Gasteiger partial charge in [-0.2, -0.15) is 15.0 Å². The highest BCUT2D eigenvalue weighted by Crippen LogP contribution is 2.18. The van der Waals surface area contributed by atoms with Crippen molar-refractivity contribution in [1.29, 1.82) is 0 Å². The van der Waals surface area contributed by atoms with E-state index < -0.39 is 0 Å². The van der Waals surface area contributed by atoms with Gasteiger partial charge in [0.2, 0.25) is 11.9 Å². The first-order valence-corrected chi connectivity index (χ1v) is 5.50. The van der Waals surface area contributed by atoms with E-state index in [0.717, 1.165) is 5.76 Å². The smallest absolute Gasteiger partial charge is 0.322 e. The molecule has 2 aromatic rings. The highest BCUT2D eigenvalue weighted by Gasteiger charge is 2.12. The Bertz CT molecular complexity index is 478. The predicted octanol–water partition coefficient (Wildman–Crippen LogP) is 1.69. The number of methoxy groups -OCH3 is 1. The second kappa shape index (κ2) is 5.35. The normalized spacial score (nSPS) is 11.9. The van der Waals surface area contributed by atoms with Crippen molar-refractivity contribution in [2.24, 2.45) is 0 Å². The summed E-state index contributed by atoms with van der Waals surface area (Å²) in [5.41, 5.74) is 0. The Morgan fingerprint density at radius 1 is 1.28 bits per heavy atom. The molecule has 0 saturated heterocycles. The first-order valence-electron chi connectivity index (χ1n) is 5.50. The molecule has 0 saturated carbocycles. The second-order valence-electron chi connectivity index (χ2n) is 3.60. The number of aromatic nitrogens is 3. The van der Waals surface area contributed by atoms with Crippen LogP contribution in [0, 0.1) is 0 Å². The van der Waals surface area contributed by atoms with Gasteiger partial charge in [-0.15, -0.1) is 0 Å². The van der Waals surface area contributed by atoms with Gasteiger partial charge in [-0.25, -0.2) is 0 Å². The van der Waals surface area contributed by atoms with Gasteiger partial charge in [0, 0.05) is 7.05 Å². The molecule has 2 aromatic heterocycles. The van der Waals surface area contributed by atoms with E-state index in [9.17, 15) is 0 Å². The Kier molecular flexibility index (Phi) is 3.61. The molecule has 2 N–H and O–H groups in total. The highest BCUT2D eigenvalue weighted by atomic mass is 16.5. The van der Waals surface area contributed by atoms with Crippen LogP contribution in [-0.2, 0) is 0 Å². The van der Waals surface area contributed by atoms with Crippen molar-refractivity contribution in [1.82, 2.24) is 15.0 Å². The summed E-state index contributed by atoms with van der Waals surface area (Å²) in [6.07, 6.45) is 1.63. The molecule has 2 heterocycles. The molecule has 0 radical (unpaired) electrons. The van der Waals surface area contributed by atoms with E-state index in [1.807, 2.05) is 19.1 Å². The Hall–Kier alpha value is -2.31. The largest absolute Gasteiger partial charge is 0.467 e. The van der Waals surface area contributed by atoms with Crippen LogP contribution in [0.1, 0.15) is 18.7 Å². The van der Waals surface area contributed by atoms with E-state index in [4.69, 9.17) is 9.15 Å². The number of hydrogen-bond acceptors (Lipinski definition) is 7. The molecule has 0 aliphatic carbocycles. The van der Waals surface area contributed by atoms with E-state index in [1.54, 1.807) is 13.3 Å². The van der Waals surface area contributed by atoms with E-state index in [1.165, 1.54) is 7.11 Å². The zero-order chi connectivity index (χ0) is 13.0. The first kappa shape index (κ1) is 12.2. The standard InChI is InChI=1S/C11H15N5O2/c1-7(8-5-4-6-18-8)13-10-14-9(12-2)15-11(16-10)17-3/h4-7H,1-3H3,(H2,12,13,14,15,16). The zero-order valence-corrected chi connectivity index (χ0v) is 10.5. The number of ether oxygens (including phenoxy) is 1. The number of furan rings is 1. The fourth-order valence-corrected chi connectivity index (χ4v) is 1.43. The average molecular weight is 249 g/mol. The Morgan fingerprint density at radius 2 is 2.06 bits per heavy atom. The van der Waals surface area contributed by atoms with Gasteiger partial charge in [-0.3, -0.25) is 0 Å². The number of hydrogen-bond donors (Lipinski definition) is 2. The molecular formula is C11H15N5O2. The first-order chi connectivity index (χ1) is 8.72. The fourth-order valence-electron chi connectivity index (χ4n) is 1.43. The quantitative estimate of drug-likeness (QED) is 0.833. The minimum Gasteiger partial charge on any atom is -0.467 e. The maximum absolute atomic E-state index is 5.30. The summed E-state index contributed by atoms with van der Waals surface area (Å²) in [7, 11) is 3.24. The minimum atomic E-state index is -0.0446. The predicted molar refractivity (Wildman–Crippen MR) is 66.7 cm³/mol. The summed E-state index contributed by atoms with van der Waals surface area (Å²) in [4.78, 5) is 12.3. The molecule has 0 aliphatic rings. The summed E-state index contributed by atoms with van der Waals surface area (Å²) < 4.78 is 10.3. The van der Waals surface area contributed by atoms with Crippen LogP contribution in [0.15, 0.2) is 22.8 Å². The third kappa shape index (κ3) is 2.68. The van der Waals surface area contributed by atoms with E-state index >= 15 is 0 Å². The molecule has 7 nitrogen and oxygen atoms in total. The number of nitrogens with one attached hydrogen (secondary N) is 2. The Labute approximate surface area is 105 Å². The van der Waals surface area contributed by atoms with Crippen molar-refractivity contribution < 1.29 is 9.15 Å². The van der Waals surface area contributed by atoms with Gasteiger partial charge in [-0.05, 0) is 19.1 Å². The van der Waals surface area contributed by atoms with Crippen LogP contribution in [-0.4, -0.2) is 29.1 Å². The molecule has 2 rings (SSSR count). The molecule has 1 atom stereocenters. The number of nitrogens with zero attached hydrogens (tertiary/aromatic N) is 3. The average Bonchev–Trinajstić information content (AvgIpc) is 2.92. The summed E-state index contributed by atoms with van der Waals surface area (Å²) in [5, 5.41) is 5.96. The van der Waals surface area contributed by atoms with Crippen molar-refractivity contribution in [3.8, 4) is 6.01 Å². The highest BCUT2D eigenvalue weighted by molar-refractivity contribution is 5.36. The van der Waals surface area contributed by atoms with Crippen LogP contribution in [0.3, 0.4) is 0 Å². The molecule has 7 heteroatoms. The molecule has 96 valence electrons. The van der Waals surface area contributed by atoms with Crippen LogP contribution < -0.4 is 15.4 Å². The van der Waals surface area contributed by atoms with Crippen molar-refractivity contribution in [2.45, 2.75) is 13.0 Å². The van der Waals surface area contributed by atoms with E-state index in [-0.39, 0.29) is 12.1 Å². The van der Waals surface area contributed by atoms with Gasteiger partial charge in [0.1, 0.15) is 5.76 Å². The molecular weight excluding hydrogens is 234 g/mol. The van der Waals surface area contributed by atoms with Crippen molar-refractivity contribution in [2.75, 3.05) is 24.8 Å². The zero-order valence-electron chi connectivity index (χ0n) is 10.5. The lowest BCUT2D eigenvalue weighted by atomic mass is 10.2. The molecule has 0 aromatic carbocycles. The van der Waals surface area contributed by atoms with Gasteiger partial charge in [-0.1, -0.05) is 0 Å². The van der Waals surface area contributed by atoms with Gasteiger partial charge >= 0.3 is 6.01 Å². The van der Waals surface area contributed by atoms with Crippen LogP contribution in [0.4, 0.5) is 11.9 Å². The maximum Gasteiger partial charge on any atom is 0.322 e. The molecule has 0 aliphatic heterocycles. The molecule has 18 heavy (non-hydrogen) atoms. The minimum absolute atomic E-state index is 0.0446. The van der Waals surface area contributed by atoms with Gasteiger partial charge in [0.15, 0.2) is 0 Å². The number of anilines is 2. The van der Waals surface area contributed by atoms with Crippen LogP contribution in [0.25, 0.3) is 0 Å². The fraction of sp³-hybridized carbons (Fsp3) is 0.364. The topological polar surface area (TPSA) is 85.1 Å². The van der Waals surface area contributed by atoms with Gasteiger partial charge in [0.25, 0.3) is 0 Å².